The van der Waals surface area contributed by atoms with Gasteiger partial charge in [0.1, 0.15) is 16.5 Å². The van der Waals surface area contributed by atoms with Crippen molar-refractivity contribution in [2.45, 2.75) is 6.54 Å². The molecule has 1 aromatic carbocycles. The van der Waals surface area contributed by atoms with Crippen molar-refractivity contribution in [3.05, 3.63) is 64.1 Å². The van der Waals surface area contributed by atoms with Crippen molar-refractivity contribution in [1.82, 2.24) is 15.0 Å². The van der Waals surface area contributed by atoms with Crippen molar-refractivity contribution >= 4 is 46.2 Å². The standard InChI is InChI=1S/C19H19FN8O2S/c1-30-19(29)26-14-15(22)27-17(28-16(14)23)12(21)8-13(18-24-6-7-31-18)25-9-10-4-2-3-5-11(10)20/h2-8H,9,21H2,1H3,(H,26,29)(H4,22,23,27,28). The van der Waals surface area contributed by atoms with Crippen molar-refractivity contribution in [1.29, 1.82) is 0 Å². The second kappa shape index (κ2) is 9.63. The van der Waals surface area contributed by atoms with Crippen molar-refractivity contribution in [3.8, 4) is 0 Å². The highest BCUT2D eigenvalue weighted by Crippen LogP contribution is 2.24. The number of nitrogens with zero attached hydrogens (tertiary/aromatic N) is 4. The highest BCUT2D eigenvalue weighted by Gasteiger charge is 2.15. The summed E-state index contributed by atoms with van der Waals surface area (Å²) in [6.45, 7) is 0.0818. The summed E-state index contributed by atoms with van der Waals surface area (Å²) in [5.41, 5.74) is 18.8. The van der Waals surface area contributed by atoms with Crippen LogP contribution in [0.3, 0.4) is 0 Å². The Morgan fingerprint density at radius 1 is 1.29 bits per heavy atom. The van der Waals surface area contributed by atoms with Crippen molar-refractivity contribution in [3.63, 3.8) is 0 Å². The van der Waals surface area contributed by atoms with E-state index in [1.165, 1.54) is 30.6 Å². The second-order valence-electron chi connectivity index (χ2n) is 6.04. The van der Waals surface area contributed by atoms with Gasteiger partial charge in [0.05, 0.1) is 25.1 Å². The van der Waals surface area contributed by atoms with Crippen LogP contribution in [0, 0.1) is 5.82 Å². The van der Waals surface area contributed by atoms with Crippen LogP contribution >= 0.6 is 11.3 Å². The molecule has 3 rings (SSSR count). The number of aromatic nitrogens is 3. The molecule has 0 aliphatic heterocycles. The van der Waals surface area contributed by atoms with Gasteiger partial charge in [-0.15, -0.1) is 11.3 Å². The number of ether oxygens (including phenoxy) is 1. The summed E-state index contributed by atoms with van der Waals surface area (Å²) in [6, 6.07) is 6.34. The van der Waals surface area contributed by atoms with Crippen LogP contribution in [0.1, 0.15) is 16.4 Å². The summed E-state index contributed by atoms with van der Waals surface area (Å²) in [4.78, 5) is 28.3. The molecule has 0 fully saturated rings. The first-order chi connectivity index (χ1) is 14.9. The zero-order valence-corrected chi connectivity index (χ0v) is 17.2. The van der Waals surface area contributed by atoms with Gasteiger partial charge >= 0.3 is 6.09 Å². The third-order valence-electron chi connectivity index (χ3n) is 3.96. The lowest BCUT2D eigenvalue weighted by Gasteiger charge is -2.11. The number of carbonyl (C=O) groups excluding carboxylic acids is 1. The molecule has 160 valence electrons. The van der Waals surface area contributed by atoms with Gasteiger partial charge < -0.3 is 21.9 Å². The summed E-state index contributed by atoms with van der Waals surface area (Å²) < 4.78 is 18.5. The lowest BCUT2D eigenvalue weighted by Crippen LogP contribution is -2.17. The summed E-state index contributed by atoms with van der Waals surface area (Å²) >= 11 is 1.34. The Hall–Kier alpha value is -4.06. The van der Waals surface area contributed by atoms with E-state index in [4.69, 9.17) is 17.2 Å². The second-order valence-corrected chi connectivity index (χ2v) is 6.93. The monoisotopic (exact) mass is 442 g/mol. The SMILES string of the molecule is COC(=O)Nc1c(N)nc(C(N)=CC(=NCc2ccccc2F)c2nccs2)nc1N. The van der Waals surface area contributed by atoms with Crippen molar-refractivity contribution in [2.75, 3.05) is 23.9 Å². The first-order valence-electron chi connectivity index (χ1n) is 8.82. The molecule has 2 aromatic heterocycles. The molecule has 0 spiro atoms. The number of benzene rings is 1. The zero-order valence-electron chi connectivity index (χ0n) is 16.4. The Labute approximate surface area is 180 Å². The first kappa shape index (κ1) is 21.6. The number of halogens is 1. The quantitative estimate of drug-likeness (QED) is 0.422. The molecule has 0 atom stereocenters. The third-order valence-corrected chi connectivity index (χ3v) is 4.75. The summed E-state index contributed by atoms with van der Waals surface area (Å²) in [6.07, 6.45) is 2.34. The Morgan fingerprint density at radius 2 is 2.00 bits per heavy atom. The van der Waals surface area contributed by atoms with Crippen LogP contribution in [0.15, 0.2) is 46.9 Å². The van der Waals surface area contributed by atoms with E-state index < -0.39 is 6.09 Å². The van der Waals surface area contributed by atoms with E-state index in [1.54, 1.807) is 29.8 Å². The molecule has 0 saturated carbocycles. The van der Waals surface area contributed by atoms with Gasteiger partial charge in [-0.2, -0.15) is 0 Å². The minimum absolute atomic E-state index is 0.0109. The van der Waals surface area contributed by atoms with E-state index in [0.717, 1.165) is 0 Å². The molecule has 0 radical (unpaired) electrons. The molecule has 0 unspecified atom stereocenters. The van der Waals surface area contributed by atoms with E-state index in [2.05, 4.69) is 30.0 Å². The average Bonchev–Trinajstić information content (AvgIpc) is 3.29. The third kappa shape index (κ3) is 5.30. The highest BCUT2D eigenvalue weighted by molar-refractivity contribution is 7.11. The van der Waals surface area contributed by atoms with Crippen LogP contribution in [0.2, 0.25) is 0 Å². The van der Waals surface area contributed by atoms with E-state index in [9.17, 15) is 9.18 Å². The Bertz CT molecular complexity index is 1120. The lowest BCUT2D eigenvalue weighted by atomic mass is 10.2. The van der Waals surface area contributed by atoms with E-state index in [0.29, 0.717) is 16.3 Å². The van der Waals surface area contributed by atoms with Gasteiger partial charge in [-0.1, -0.05) is 18.2 Å². The maximum absolute atomic E-state index is 13.9. The van der Waals surface area contributed by atoms with Crippen LogP contribution in [0.4, 0.5) is 26.5 Å². The molecule has 1 amide bonds. The van der Waals surface area contributed by atoms with Crippen LogP contribution in [-0.2, 0) is 11.3 Å². The number of aliphatic imine (C=N–C) groups is 1. The zero-order chi connectivity index (χ0) is 22.4. The van der Waals surface area contributed by atoms with Gasteiger partial charge in [0.15, 0.2) is 17.5 Å². The van der Waals surface area contributed by atoms with Gasteiger partial charge in [-0.3, -0.25) is 10.3 Å². The highest BCUT2D eigenvalue weighted by atomic mass is 32.1. The topological polar surface area (TPSA) is 167 Å². The predicted molar refractivity (Wildman–Crippen MR) is 118 cm³/mol. The molecule has 0 aliphatic carbocycles. The number of hydrogen-bond donors (Lipinski definition) is 4. The summed E-state index contributed by atoms with van der Waals surface area (Å²) in [5, 5.41) is 4.69. The van der Waals surface area contributed by atoms with Crippen molar-refractivity contribution < 1.29 is 13.9 Å². The molecule has 31 heavy (non-hydrogen) atoms. The Morgan fingerprint density at radius 3 is 2.61 bits per heavy atom. The number of methoxy groups -OCH3 is 1. The molecule has 7 N–H and O–H groups in total. The molecule has 0 bridgehead atoms. The molecule has 10 nitrogen and oxygen atoms in total. The molecule has 12 heteroatoms. The largest absolute Gasteiger partial charge is 0.453 e. The fourth-order valence-electron chi connectivity index (χ4n) is 2.44. The van der Waals surface area contributed by atoms with Gasteiger partial charge in [-0.25, -0.2) is 24.1 Å². The van der Waals surface area contributed by atoms with Gasteiger partial charge in [0.25, 0.3) is 0 Å². The van der Waals surface area contributed by atoms with E-state index in [1.807, 2.05) is 0 Å². The molecule has 0 aliphatic rings. The van der Waals surface area contributed by atoms with Gasteiger partial charge in [0.2, 0.25) is 0 Å². The van der Waals surface area contributed by atoms with Crippen LogP contribution in [-0.4, -0.2) is 33.9 Å². The fraction of sp³-hybridized carbons (Fsp3) is 0.105. The molecular formula is C19H19FN8O2S. The summed E-state index contributed by atoms with van der Waals surface area (Å²) in [7, 11) is 1.19. The fourth-order valence-corrected chi connectivity index (χ4v) is 3.06. The Kier molecular flexibility index (Phi) is 6.72. The number of carbonyl (C=O) groups is 1. The number of thiazole rings is 1. The maximum Gasteiger partial charge on any atom is 0.411 e. The minimum atomic E-state index is -0.774. The normalized spacial score (nSPS) is 11.9. The smallest absolute Gasteiger partial charge is 0.411 e. The Balaban J connectivity index is 1.94. The number of nitrogens with one attached hydrogen (secondary N) is 1. The number of amides is 1. The minimum Gasteiger partial charge on any atom is -0.453 e. The summed E-state index contributed by atoms with van der Waals surface area (Å²) in [5.74, 6) is -0.522. The van der Waals surface area contributed by atoms with Crippen molar-refractivity contribution in [2.24, 2.45) is 10.7 Å². The van der Waals surface area contributed by atoms with Gasteiger partial charge in [-0.05, 0) is 12.1 Å². The number of rotatable bonds is 6. The number of allylic oxidation sites excluding steroid dienone is 1. The van der Waals surface area contributed by atoms with E-state index >= 15 is 0 Å². The molecule has 3 aromatic rings. The molecular weight excluding hydrogens is 423 g/mol. The number of nitrogens with two attached hydrogens (primary N) is 3. The lowest BCUT2D eigenvalue weighted by molar-refractivity contribution is 0.187. The maximum atomic E-state index is 13.9. The first-order valence-corrected chi connectivity index (χ1v) is 9.70. The number of nitrogen functional groups attached to an aromatic ring is 2. The molecule has 0 saturated heterocycles. The van der Waals surface area contributed by atoms with Gasteiger partial charge in [0, 0.05) is 17.1 Å². The van der Waals surface area contributed by atoms with E-state index in [-0.39, 0.29) is 41.2 Å². The average molecular weight is 442 g/mol. The number of hydrogen-bond acceptors (Lipinski definition) is 10. The molecule has 2 heterocycles. The number of anilines is 3. The predicted octanol–water partition coefficient (Wildman–Crippen LogP) is 2.40. The van der Waals surface area contributed by atoms with Crippen LogP contribution in [0.25, 0.3) is 5.70 Å². The van der Waals surface area contributed by atoms with Crippen LogP contribution in [0.5, 0.6) is 0 Å². The van der Waals surface area contributed by atoms with Crippen LogP contribution < -0.4 is 22.5 Å².